The molecule has 0 aliphatic carbocycles. The smallest absolute Gasteiger partial charge is 0.224 e. The Bertz CT molecular complexity index is 811. The maximum atomic E-state index is 12.7. The van der Waals surface area contributed by atoms with Gasteiger partial charge in [-0.15, -0.1) is 0 Å². The number of fused-ring (bicyclic) bond motifs is 1. The Morgan fingerprint density at radius 2 is 2.07 bits per heavy atom. The van der Waals surface area contributed by atoms with E-state index in [9.17, 15) is 15.0 Å². The number of imidazole rings is 1. The average Bonchev–Trinajstić information content (AvgIpc) is 3.07. The van der Waals surface area contributed by atoms with Crippen LogP contribution in [0.3, 0.4) is 0 Å². The van der Waals surface area contributed by atoms with Gasteiger partial charge in [0, 0.05) is 32.7 Å². The number of piperidine rings is 1. The third-order valence-corrected chi connectivity index (χ3v) is 6.01. The van der Waals surface area contributed by atoms with Gasteiger partial charge < -0.3 is 24.4 Å². The molecule has 0 bridgehead atoms. The zero-order valence-corrected chi connectivity index (χ0v) is 15.5. The number of para-hydroxylation sites is 2. The van der Waals surface area contributed by atoms with Gasteiger partial charge in [-0.2, -0.15) is 0 Å². The molecule has 2 aliphatic heterocycles. The number of ether oxygens (including phenoxy) is 1. The number of carbonyl (C=O) groups is 1. The molecule has 7 nitrogen and oxygen atoms in total. The number of aromatic nitrogens is 2. The number of aliphatic hydroxyl groups excluding tert-OH is 2. The van der Waals surface area contributed by atoms with Gasteiger partial charge in [0.1, 0.15) is 12.4 Å². The molecule has 2 fully saturated rings. The topological polar surface area (TPSA) is 87.8 Å². The molecular formula is C20H27N3O4. The first kappa shape index (κ1) is 18.4. The maximum Gasteiger partial charge on any atom is 0.224 e. The largest absolute Gasteiger partial charge is 0.390 e. The number of likely N-dealkylation sites (tertiary alicyclic amines) is 1. The Morgan fingerprint density at radius 3 is 2.81 bits per heavy atom. The molecule has 0 radical (unpaired) electrons. The fourth-order valence-electron chi connectivity index (χ4n) is 4.38. The van der Waals surface area contributed by atoms with E-state index >= 15 is 0 Å². The molecule has 1 atom stereocenters. The lowest BCUT2D eigenvalue weighted by Gasteiger charge is -2.46. The quantitative estimate of drug-likeness (QED) is 0.847. The summed E-state index contributed by atoms with van der Waals surface area (Å²) >= 11 is 0. The number of nitrogens with zero attached hydrogens (tertiary/aromatic N) is 3. The summed E-state index contributed by atoms with van der Waals surface area (Å²) in [5.74, 6) is 0.678. The molecular weight excluding hydrogens is 346 g/mol. The maximum absolute atomic E-state index is 12.7. The first-order valence-electron chi connectivity index (χ1n) is 9.78. The zero-order valence-electron chi connectivity index (χ0n) is 15.5. The SMILES string of the molecule is O=C(CCn1c(CO)nc2ccccc21)N1CCC2(CC1)OCCCC2O. The van der Waals surface area contributed by atoms with Crippen LogP contribution in [0.5, 0.6) is 0 Å². The molecule has 1 spiro atoms. The van der Waals surface area contributed by atoms with E-state index in [1.807, 2.05) is 33.7 Å². The standard InChI is InChI=1S/C20H27N3O4/c24-14-18-21-15-4-1-2-5-16(15)23(18)10-7-19(26)22-11-8-20(9-12-22)17(25)6-3-13-27-20/h1-2,4-5,17,24-25H,3,6-14H2. The van der Waals surface area contributed by atoms with E-state index in [2.05, 4.69) is 4.98 Å². The average molecular weight is 373 g/mol. The van der Waals surface area contributed by atoms with E-state index in [1.54, 1.807) is 0 Å². The third-order valence-electron chi connectivity index (χ3n) is 6.01. The van der Waals surface area contributed by atoms with Crippen molar-refractivity contribution in [1.82, 2.24) is 14.5 Å². The number of carbonyl (C=O) groups excluding carboxylic acids is 1. The van der Waals surface area contributed by atoms with Crippen molar-refractivity contribution in [1.29, 1.82) is 0 Å². The Balaban J connectivity index is 1.38. The van der Waals surface area contributed by atoms with Crippen molar-refractivity contribution in [2.75, 3.05) is 19.7 Å². The summed E-state index contributed by atoms with van der Waals surface area (Å²) in [5, 5.41) is 19.9. The molecule has 7 heteroatoms. The van der Waals surface area contributed by atoms with Gasteiger partial charge in [-0.25, -0.2) is 4.98 Å². The minimum absolute atomic E-state index is 0.0943. The summed E-state index contributed by atoms with van der Waals surface area (Å²) in [7, 11) is 0. The van der Waals surface area contributed by atoms with Crippen molar-refractivity contribution in [2.45, 2.75) is 57.0 Å². The number of hydrogen-bond acceptors (Lipinski definition) is 5. The van der Waals surface area contributed by atoms with Crippen molar-refractivity contribution in [2.24, 2.45) is 0 Å². The van der Waals surface area contributed by atoms with Crippen LogP contribution in [-0.4, -0.2) is 62.0 Å². The molecule has 1 unspecified atom stereocenters. The summed E-state index contributed by atoms with van der Waals surface area (Å²) in [6, 6.07) is 7.71. The lowest BCUT2D eigenvalue weighted by molar-refractivity contribution is -0.179. The van der Waals surface area contributed by atoms with Crippen molar-refractivity contribution < 1.29 is 19.7 Å². The van der Waals surface area contributed by atoms with Gasteiger partial charge in [-0.1, -0.05) is 12.1 Å². The van der Waals surface area contributed by atoms with Crippen LogP contribution < -0.4 is 0 Å². The predicted molar refractivity (Wildman–Crippen MR) is 100 cm³/mol. The van der Waals surface area contributed by atoms with Crippen LogP contribution in [0.2, 0.25) is 0 Å². The van der Waals surface area contributed by atoms with Crippen LogP contribution in [0, 0.1) is 0 Å². The highest BCUT2D eigenvalue weighted by Crippen LogP contribution is 2.35. The van der Waals surface area contributed by atoms with Gasteiger partial charge in [0.25, 0.3) is 0 Å². The van der Waals surface area contributed by atoms with Crippen molar-refractivity contribution in [3.05, 3.63) is 30.1 Å². The highest BCUT2D eigenvalue weighted by molar-refractivity contribution is 5.78. The summed E-state index contributed by atoms with van der Waals surface area (Å²) in [6.45, 7) is 2.28. The van der Waals surface area contributed by atoms with Crippen LogP contribution in [0.4, 0.5) is 0 Å². The van der Waals surface area contributed by atoms with E-state index in [4.69, 9.17) is 4.74 Å². The zero-order chi connectivity index (χ0) is 18.9. The number of rotatable bonds is 4. The van der Waals surface area contributed by atoms with Crippen molar-refractivity contribution >= 4 is 16.9 Å². The summed E-state index contributed by atoms with van der Waals surface area (Å²) in [4.78, 5) is 19.0. The molecule has 2 aromatic rings. The number of amides is 1. The molecule has 2 aliphatic rings. The predicted octanol–water partition coefficient (Wildman–Crippen LogP) is 1.45. The molecule has 4 rings (SSSR count). The van der Waals surface area contributed by atoms with Crippen LogP contribution in [0.1, 0.15) is 37.9 Å². The summed E-state index contributed by atoms with van der Waals surface area (Å²) in [6.07, 6.45) is 3.01. The van der Waals surface area contributed by atoms with Gasteiger partial charge in [0.2, 0.25) is 5.91 Å². The minimum Gasteiger partial charge on any atom is -0.390 e. The van der Waals surface area contributed by atoms with E-state index in [-0.39, 0.29) is 12.5 Å². The normalized spacial score (nSPS) is 22.4. The summed E-state index contributed by atoms with van der Waals surface area (Å²) in [5.41, 5.74) is 1.31. The number of aliphatic hydroxyl groups is 2. The molecule has 0 saturated carbocycles. The molecule has 1 aromatic carbocycles. The molecule has 2 saturated heterocycles. The lowest BCUT2D eigenvalue weighted by atomic mass is 9.82. The molecule has 1 aromatic heterocycles. The van der Waals surface area contributed by atoms with Gasteiger partial charge in [0.15, 0.2) is 0 Å². The Labute approximate surface area is 158 Å². The first-order valence-corrected chi connectivity index (χ1v) is 9.78. The van der Waals surface area contributed by atoms with Crippen LogP contribution in [0.15, 0.2) is 24.3 Å². The Hall–Kier alpha value is -1.96. The summed E-state index contributed by atoms with van der Waals surface area (Å²) < 4.78 is 7.84. The Kier molecular flexibility index (Phi) is 5.16. The fraction of sp³-hybridized carbons (Fsp3) is 0.600. The van der Waals surface area contributed by atoms with Gasteiger partial charge in [-0.05, 0) is 37.8 Å². The second-order valence-corrected chi connectivity index (χ2v) is 7.53. The highest BCUT2D eigenvalue weighted by atomic mass is 16.5. The number of benzene rings is 1. The van der Waals surface area contributed by atoms with E-state index in [0.717, 1.165) is 23.9 Å². The van der Waals surface area contributed by atoms with Crippen LogP contribution in [-0.2, 0) is 22.7 Å². The van der Waals surface area contributed by atoms with Crippen LogP contribution in [0.25, 0.3) is 11.0 Å². The molecule has 1 amide bonds. The molecule has 27 heavy (non-hydrogen) atoms. The number of hydrogen-bond donors (Lipinski definition) is 2. The first-order chi connectivity index (χ1) is 13.1. The van der Waals surface area contributed by atoms with Gasteiger partial charge in [-0.3, -0.25) is 4.79 Å². The number of aryl methyl sites for hydroxylation is 1. The third kappa shape index (κ3) is 3.47. The molecule has 2 N–H and O–H groups in total. The van der Waals surface area contributed by atoms with E-state index in [0.29, 0.717) is 51.3 Å². The van der Waals surface area contributed by atoms with E-state index in [1.165, 1.54) is 0 Å². The molecule has 3 heterocycles. The van der Waals surface area contributed by atoms with Crippen molar-refractivity contribution in [3.63, 3.8) is 0 Å². The highest BCUT2D eigenvalue weighted by Gasteiger charge is 2.44. The van der Waals surface area contributed by atoms with E-state index < -0.39 is 11.7 Å². The Morgan fingerprint density at radius 1 is 1.30 bits per heavy atom. The molecule has 146 valence electrons. The lowest BCUT2D eigenvalue weighted by Crippen LogP contribution is -2.56. The second-order valence-electron chi connectivity index (χ2n) is 7.53. The van der Waals surface area contributed by atoms with Gasteiger partial charge >= 0.3 is 0 Å². The van der Waals surface area contributed by atoms with Crippen molar-refractivity contribution in [3.8, 4) is 0 Å². The monoisotopic (exact) mass is 373 g/mol. The minimum atomic E-state index is -0.459. The fourth-order valence-corrected chi connectivity index (χ4v) is 4.38. The van der Waals surface area contributed by atoms with Gasteiger partial charge in [0.05, 0.1) is 22.7 Å². The van der Waals surface area contributed by atoms with Crippen LogP contribution >= 0.6 is 0 Å². The second kappa shape index (κ2) is 7.58.